The summed E-state index contributed by atoms with van der Waals surface area (Å²) in [6.45, 7) is 0.486. The first-order valence-electron chi connectivity index (χ1n) is 4.86. The summed E-state index contributed by atoms with van der Waals surface area (Å²) in [6.07, 6.45) is -0.525. The summed E-state index contributed by atoms with van der Waals surface area (Å²) >= 11 is 0. The van der Waals surface area contributed by atoms with E-state index in [1.54, 1.807) is 7.11 Å². The van der Waals surface area contributed by atoms with E-state index in [0.717, 1.165) is 11.3 Å². The van der Waals surface area contributed by atoms with Crippen LogP contribution in [-0.4, -0.2) is 37.9 Å². The van der Waals surface area contributed by atoms with Gasteiger partial charge in [0.2, 0.25) is 0 Å². The number of methoxy groups -OCH3 is 1. The van der Waals surface area contributed by atoms with Crippen LogP contribution in [0.1, 0.15) is 11.7 Å². The van der Waals surface area contributed by atoms with Gasteiger partial charge in [0.15, 0.2) is 0 Å². The van der Waals surface area contributed by atoms with E-state index in [4.69, 9.17) is 4.74 Å². The second-order valence-corrected chi connectivity index (χ2v) is 3.55. The van der Waals surface area contributed by atoms with Crippen LogP contribution in [0.25, 0.3) is 0 Å². The molecular formula is C11H18N2O2. The van der Waals surface area contributed by atoms with Gasteiger partial charge in [-0.2, -0.15) is 0 Å². The van der Waals surface area contributed by atoms with Gasteiger partial charge in [-0.15, -0.1) is 0 Å². The molecule has 0 saturated carbocycles. The molecule has 4 nitrogen and oxygen atoms in total. The summed E-state index contributed by atoms with van der Waals surface area (Å²) < 4.78 is 5.09. The van der Waals surface area contributed by atoms with Crippen molar-refractivity contribution in [2.45, 2.75) is 6.10 Å². The molecule has 0 aliphatic carbocycles. The number of rotatable bonds is 5. The van der Waals surface area contributed by atoms with Gasteiger partial charge in [0.25, 0.3) is 0 Å². The van der Waals surface area contributed by atoms with E-state index in [2.05, 4.69) is 5.43 Å². The van der Waals surface area contributed by atoms with E-state index >= 15 is 0 Å². The molecule has 0 radical (unpaired) electrons. The van der Waals surface area contributed by atoms with Crippen molar-refractivity contribution in [2.75, 3.05) is 27.7 Å². The first-order valence-corrected chi connectivity index (χ1v) is 4.86. The molecular weight excluding hydrogens is 192 g/mol. The average Bonchev–Trinajstić information content (AvgIpc) is 2.26. The Hall–Kier alpha value is -1.10. The maximum atomic E-state index is 9.84. The van der Waals surface area contributed by atoms with Crippen molar-refractivity contribution in [1.29, 1.82) is 0 Å². The molecule has 15 heavy (non-hydrogen) atoms. The Balaban J connectivity index is 2.60. The fourth-order valence-electron chi connectivity index (χ4n) is 1.24. The van der Waals surface area contributed by atoms with E-state index in [1.165, 1.54) is 0 Å². The topological polar surface area (TPSA) is 44.7 Å². The minimum Gasteiger partial charge on any atom is -0.497 e. The van der Waals surface area contributed by atoms with Gasteiger partial charge in [0.05, 0.1) is 13.2 Å². The molecule has 1 aromatic rings. The summed E-state index contributed by atoms with van der Waals surface area (Å²) in [5.74, 6) is 0.761. The number of nitrogens with one attached hydrogen (secondary N) is 1. The molecule has 1 aromatic carbocycles. The second-order valence-electron chi connectivity index (χ2n) is 3.55. The average molecular weight is 210 g/mol. The highest BCUT2D eigenvalue weighted by molar-refractivity contribution is 5.29. The molecule has 0 saturated heterocycles. The zero-order valence-corrected chi connectivity index (χ0v) is 9.40. The lowest BCUT2D eigenvalue weighted by Crippen LogP contribution is -2.33. The quantitative estimate of drug-likeness (QED) is 0.705. The van der Waals surface area contributed by atoms with Crippen LogP contribution in [0.15, 0.2) is 24.3 Å². The van der Waals surface area contributed by atoms with Crippen LogP contribution in [0.2, 0.25) is 0 Å². The van der Waals surface area contributed by atoms with Crippen LogP contribution < -0.4 is 10.2 Å². The molecule has 0 heterocycles. The van der Waals surface area contributed by atoms with Crippen molar-refractivity contribution in [3.8, 4) is 5.75 Å². The predicted molar refractivity (Wildman–Crippen MR) is 59.6 cm³/mol. The number of aliphatic hydroxyl groups is 1. The van der Waals surface area contributed by atoms with E-state index in [-0.39, 0.29) is 0 Å². The molecule has 0 fully saturated rings. The molecule has 0 aliphatic rings. The Morgan fingerprint density at radius 2 is 2.20 bits per heavy atom. The third kappa shape index (κ3) is 3.87. The zero-order chi connectivity index (χ0) is 11.3. The van der Waals surface area contributed by atoms with E-state index in [0.29, 0.717) is 6.54 Å². The van der Waals surface area contributed by atoms with Gasteiger partial charge >= 0.3 is 0 Å². The van der Waals surface area contributed by atoms with Gasteiger partial charge in [-0.1, -0.05) is 12.1 Å². The Kier molecular flexibility index (Phi) is 4.55. The molecule has 4 heteroatoms. The molecule has 2 N–H and O–H groups in total. The highest BCUT2D eigenvalue weighted by Crippen LogP contribution is 2.18. The molecule has 0 aromatic heterocycles. The van der Waals surface area contributed by atoms with Gasteiger partial charge in [-0.25, -0.2) is 0 Å². The maximum absolute atomic E-state index is 9.84. The monoisotopic (exact) mass is 210 g/mol. The minimum atomic E-state index is -0.525. The third-order valence-corrected chi connectivity index (χ3v) is 2.08. The first-order chi connectivity index (χ1) is 7.13. The molecule has 0 amide bonds. The lowest BCUT2D eigenvalue weighted by atomic mass is 10.1. The summed E-state index contributed by atoms with van der Waals surface area (Å²) in [4.78, 5) is 0. The lowest BCUT2D eigenvalue weighted by molar-refractivity contribution is 0.141. The number of hydrazine groups is 1. The van der Waals surface area contributed by atoms with Crippen LogP contribution in [0.3, 0.4) is 0 Å². The fraction of sp³-hybridized carbons (Fsp3) is 0.455. The van der Waals surface area contributed by atoms with E-state index in [9.17, 15) is 5.11 Å². The molecule has 1 rings (SSSR count). The number of benzene rings is 1. The van der Waals surface area contributed by atoms with Gasteiger partial charge < -0.3 is 9.84 Å². The normalized spacial score (nSPS) is 12.9. The summed E-state index contributed by atoms with van der Waals surface area (Å²) in [5.41, 5.74) is 3.87. The predicted octanol–water partition coefficient (Wildman–Crippen LogP) is 0.795. The van der Waals surface area contributed by atoms with Gasteiger partial charge in [-0.05, 0) is 17.7 Å². The van der Waals surface area contributed by atoms with Crippen LogP contribution >= 0.6 is 0 Å². The minimum absolute atomic E-state index is 0.486. The Labute approximate surface area is 90.4 Å². The molecule has 1 unspecified atom stereocenters. The first kappa shape index (κ1) is 12.0. The van der Waals surface area contributed by atoms with Gasteiger partial charge in [0, 0.05) is 20.6 Å². The zero-order valence-electron chi connectivity index (χ0n) is 9.40. The number of hydrogen-bond donors (Lipinski definition) is 2. The molecule has 0 aliphatic heterocycles. The van der Waals surface area contributed by atoms with Crippen LogP contribution in [0.5, 0.6) is 5.75 Å². The molecule has 0 bridgehead atoms. The largest absolute Gasteiger partial charge is 0.497 e. The Bertz CT molecular complexity index is 302. The Morgan fingerprint density at radius 3 is 2.80 bits per heavy atom. The Morgan fingerprint density at radius 1 is 1.47 bits per heavy atom. The standard InChI is InChI=1S/C11H18N2O2/c1-13(2)12-8-11(14)9-5-4-6-10(7-9)15-3/h4-7,11-12,14H,8H2,1-3H3. The van der Waals surface area contributed by atoms with Crippen molar-refractivity contribution < 1.29 is 9.84 Å². The van der Waals surface area contributed by atoms with E-state index < -0.39 is 6.10 Å². The van der Waals surface area contributed by atoms with Crippen LogP contribution in [0.4, 0.5) is 0 Å². The number of ether oxygens (including phenoxy) is 1. The summed E-state index contributed by atoms with van der Waals surface area (Å²) in [6, 6.07) is 7.44. The van der Waals surface area contributed by atoms with Gasteiger partial charge in [-0.3, -0.25) is 10.4 Å². The van der Waals surface area contributed by atoms with E-state index in [1.807, 2.05) is 43.4 Å². The summed E-state index contributed by atoms with van der Waals surface area (Å²) in [7, 11) is 5.39. The van der Waals surface area contributed by atoms with Crippen LogP contribution in [-0.2, 0) is 0 Å². The molecule has 0 spiro atoms. The second kappa shape index (κ2) is 5.70. The summed E-state index contributed by atoms with van der Waals surface area (Å²) in [5, 5.41) is 11.7. The van der Waals surface area contributed by atoms with Gasteiger partial charge in [0.1, 0.15) is 5.75 Å². The highest BCUT2D eigenvalue weighted by atomic mass is 16.5. The maximum Gasteiger partial charge on any atom is 0.119 e. The number of nitrogens with zero attached hydrogens (tertiary/aromatic N) is 1. The SMILES string of the molecule is COc1cccc(C(O)CNN(C)C)c1. The molecule has 1 atom stereocenters. The van der Waals surface area contributed by atoms with Crippen molar-refractivity contribution >= 4 is 0 Å². The molecule has 84 valence electrons. The van der Waals surface area contributed by atoms with Crippen molar-refractivity contribution in [1.82, 2.24) is 10.4 Å². The highest BCUT2D eigenvalue weighted by Gasteiger charge is 2.07. The van der Waals surface area contributed by atoms with Crippen molar-refractivity contribution in [3.63, 3.8) is 0 Å². The number of aliphatic hydroxyl groups excluding tert-OH is 1. The van der Waals surface area contributed by atoms with Crippen LogP contribution in [0, 0.1) is 0 Å². The third-order valence-electron chi connectivity index (χ3n) is 2.08. The smallest absolute Gasteiger partial charge is 0.119 e. The lowest BCUT2D eigenvalue weighted by Gasteiger charge is -2.16. The fourth-order valence-corrected chi connectivity index (χ4v) is 1.24. The number of hydrogen-bond acceptors (Lipinski definition) is 4. The van der Waals surface area contributed by atoms with Crippen molar-refractivity contribution in [2.24, 2.45) is 0 Å². The van der Waals surface area contributed by atoms with Crippen molar-refractivity contribution in [3.05, 3.63) is 29.8 Å².